The Labute approximate surface area is 218 Å². The Kier molecular flexibility index (Phi) is 7.74. The molecule has 2 N–H and O–H groups in total. The van der Waals surface area contributed by atoms with Gasteiger partial charge >= 0.3 is 6.18 Å². The van der Waals surface area contributed by atoms with Crippen LogP contribution in [0.4, 0.5) is 23.2 Å². The van der Waals surface area contributed by atoms with Crippen LogP contribution in [0.3, 0.4) is 0 Å². The van der Waals surface area contributed by atoms with Crippen molar-refractivity contribution < 1.29 is 35.6 Å². The summed E-state index contributed by atoms with van der Waals surface area (Å²) in [6, 6.07) is 4.75. The van der Waals surface area contributed by atoms with Gasteiger partial charge in [-0.15, -0.1) is 0 Å². The molecule has 38 heavy (non-hydrogen) atoms. The van der Waals surface area contributed by atoms with E-state index in [1.165, 1.54) is 23.1 Å². The van der Waals surface area contributed by atoms with Crippen molar-refractivity contribution in [2.45, 2.75) is 55.8 Å². The van der Waals surface area contributed by atoms with Crippen LogP contribution >= 0.6 is 0 Å². The maximum Gasteiger partial charge on any atom is 0.416 e. The van der Waals surface area contributed by atoms with E-state index in [1.807, 2.05) is 6.92 Å². The van der Waals surface area contributed by atoms with E-state index >= 15 is 0 Å². The summed E-state index contributed by atoms with van der Waals surface area (Å²) in [5, 5.41) is 5.82. The van der Waals surface area contributed by atoms with Crippen LogP contribution in [0.15, 0.2) is 41.3 Å². The largest absolute Gasteiger partial charge is 0.416 e. The summed E-state index contributed by atoms with van der Waals surface area (Å²) in [5.74, 6) is -2.23. The van der Waals surface area contributed by atoms with Crippen LogP contribution in [0.25, 0.3) is 0 Å². The average molecular weight is 556 g/mol. The van der Waals surface area contributed by atoms with E-state index in [0.29, 0.717) is 44.0 Å². The van der Waals surface area contributed by atoms with Gasteiger partial charge in [0.15, 0.2) is 9.84 Å². The summed E-state index contributed by atoms with van der Waals surface area (Å²) < 4.78 is 77.9. The van der Waals surface area contributed by atoms with Crippen LogP contribution in [0.5, 0.6) is 0 Å². The van der Waals surface area contributed by atoms with Crippen molar-refractivity contribution in [3.05, 3.63) is 58.9 Å². The van der Waals surface area contributed by atoms with Crippen molar-refractivity contribution in [3.63, 3.8) is 0 Å². The molecular formula is C26H29F4N3O4S. The molecule has 2 amide bonds. The summed E-state index contributed by atoms with van der Waals surface area (Å²) in [6.45, 7) is 2.56. The van der Waals surface area contributed by atoms with E-state index in [4.69, 9.17) is 0 Å². The average Bonchev–Trinajstić information content (AvgIpc) is 3.56. The minimum absolute atomic E-state index is 0.0278. The van der Waals surface area contributed by atoms with Crippen LogP contribution in [-0.4, -0.2) is 50.5 Å². The lowest BCUT2D eigenvalue weighted by atomic mass is 9.99. The molecule has 4 rings (SSSR count). The number of likely N-dealkylation sites (tertiary alicyclic amines) is 1. The van der Waals surface area contributed by atoms with Crippen molar-refractivity contribution >= 4 is 27.3 Å². The second kappa shape index (κ2) is 10.5. The summed E-state index contributed by atoms with van der Waals surface area (Å²) in [5.41, 5.74) is -0.597. The van der Waals surface area contributed by atoms with E-state index in [9.17, 15) is 35.6 Å². The highest BCUT2D eigenvalue weighted by Gasteiger charge is 2.41. The Morgan fingerprint density at radius 3 is 2.39 bits per heavy atom. The Morgan fingerprint density at radius 1 is 1.11 bits per heavy atom. The number of carbonyl (C=O) groups is 2. The van der Waals surface area contributed by atoms with Gasteiger partial charge < -0.3 is 15.5 Å². The Morgan fingerprint density at radius 2 is 1.82 bits per heavy atom. The van der Waals surface area contributed by atoms with Crippen molar-refractivity contribution in [3.8, 4) is 0 Å². The lowest BCUT2D eigenvalue weighted by molar-refractivity contribution is -0.137. The molecule has 2 fully saturated rings. The zero-order chi connectivity index (χ0) is 27.8. The van der Waals surface area contributed by atoms with Gasteiger partial charge in [0.05, 0.1) is 22.1 Å². The van der Waals surface area contributed by atoms with Gasteiger partial charge in [-0.1, -0.05) is 6.07 Å². The fourth-order valence-electron chi connectivity index (χ4n) is 4.80. The van der Waals surface area contributed by atoms with Crippen molar-refractivity contribution in [2.75, 3.05) is 24.7 Å². The number of carbonyl (C=O) groups excluding carboxylic acids is 2. The highest BCUT2D eigenvalue weighted by molar-refractivity contribution is 7.90. The number of anilines is 1. The third-order valence-electron chi connectivity index (χ3n) is 6.89. The number of alkyl halides is 3. The Hall–Kier alpha value is -3.15. The minimum Gasteiger partial charge on any atom is -0.385 e. The normalized spacial score (nSPS) is 18.8. The van der Waals surface area contributed by atoms with Gasteiger partial charge in [0.2, 0.25) is 5.91 Å². The summed E-state index contributed by atoms with van der Waals surface area (Å²) in [7, 11) is -3.59. The first kappa shape index (κ1) is 27.9. The first-order chi connectivity index (χ1) is 17.8. The van der Waals surface area contributed by atoms with Crippen molar-refractivity contribution in [1.82, 2.24) is 10.2 Å². The number of hydrogen-bond donors (Lipinski definition) is 2. The second-order valence-corrected chi connectivity index (χ2v) is 11.7. The third kappa shape index (κ3) is 5.95. The number of nitrogens with zero attached hydrogens (tertiary/aromatic N) is 1. The number of amides is 2. The molecule has 2 aliphatic rings. The third-order valence-corrected chi connectivity index (χ3v) is 8.00. The van der Waals surface area contributed by atoms with Gasteiger partial charge in [-0.3, -0.25) is 9.59 Å². The number of benzene rings is 2. The molecule has 1 saturated heterocycles. The van der Waals surface area contributed by atoms with Crippen LogP contribution in [0.2, 0.25) is 0 Å². The van der Waals surface area contributed by atoms with Gasteiger partial charge in [0.1, 0.15) is 11.9 Å². The number of halogens is 4. The molecule has 0 unspecified atom stereocenters. The SMILES string of the molecule is CCNc1ccc(S(C)(=O)=O)cc1C(=O)N1CCC[C@@H]1C(=O)N[C@@H](c1ccc(C(F)(F)F)cc1F)C1CC1. The molecule has 7 nitrogen and oxygen atoms in total. The molecule has 1 aliphatic carbocycles. The van der Waals surface area contributed by atoms with Crippen LogP contribution in [0.1, 0.15) is 60.1 Å². The Balaban J connectivity index is 1.59. The van der Waals surface area contributed by atoms with E-state index in [1.54, 1.807) is 0 Å². The smallest absolute Gasteiger partial charge is 0.385 e. The minimum atomic E-state index is -4.69. The van der Waals surface area contributed by atoms with Gasteiger partial charge in [-0.2, -0.15) is 13.2 Å². The molecule has 2 atom stereocenters. The van der Waals surface area contributed by atoms with Crippen molar-refractivity contribution in [1.29, 1.82) is 0 Å². The zero-order valence-electron chi connectivity index (χ0n) is 20.9. The maximum absolute atomic E-state index is 14.8. The van der Waals surface area contributed by atoms with Gasteiger partial charge in [-0.25, -0.2) is 12.8 Å². The topological polar surface area (TPSA) is 95.6 Å². The van der Waals surface area contributed by atoms with E-state index < -0.39 is 51.3 Å². The number of rotatable bonds is 8. The quantitative estimate of drug-likeness (QED) is 0.466. The zero-order valence-corrected chi connectivity index (χ0v) is 21.8. The van der Waals surface area contributed by atoms with E-state index in [0.717, 1.165) is 18.4 Å². The lowest BCUT2D eigenvalue weighted by Crippen LogP contribution is -2.47. The molecule has 1 aliphatic heterocycles. The second-order valence-electron chi connectivity index (χ2n) is 9.72. The van der Waals surface area contributed by atoms with Crippen LogP contribution in [-0.2, 0) is 20.8 Å². The predicted molar refractivity (Wildman–Crippen MR) is 133 cm³/mol. The summed E-state index contributed by atoms with van der Waals surface area (Å²) >= 11 is 0. The predicted octanol–water partition coefficient (Wildman–Crippen LogP) is 4.55. The van der Waals surface area contributed by atoms with E-state index in [2.05, 4.69) is 10.6 Å². The first-order valence-corrected chi connectivity index (χ1v) is 14.3. The lowest BCUT2D eigenvalue weighted by Gasteiger charge is -2.28. The summed E-state index contributed by atoms with van der Waals surface area (Å²) in [4.78, 5) is 28.3. The van der Waals surface area contributed by atoms with Crippen LogP contribution in [0, 0.1) is 11.7 Å². The number of hydrogen-bond acceptors (Lipinski definition) is 5. The highest BCUT2D eigenvalue weighted by Crippen LogP contribution is 2.43. The molecule has 0 aromatic heterocycles. The Bertz CT molecular complexity index is 1340. The summed E-state index contributed by atoms with van der Waals surface area (Å²) in [6.07, 6.45) is -1.43. The van der Waals surface area contributed by atoms with Gasteiger partial charge in [-0.05, 0) is 68.9 Å². The maximum atomic E-state index is 14.8. The molecule has 0 radical (unpaired) electrons. The highest BCUT2D eigenvalue weighted by atomic mass is 32.2. The molecular weight excluding hydrogens is 526 g/mol. The standard InChI is InChI=1S/C26H29F4N3O4S/c1-3-31-21-11-9-17(38(2,36)37)14-19(21)25(35)33-12-4-5-22(33)24(34)32-23(15-6-7-15)18-10-8-16(13-20(18)27)26(28,29)30/h8-11,13-15,22-23,31H,3-7,12H2,1-2H3,(H,32,34)/t22-,23-/m1/s1. The fourth-order valence-corrected chi connectivity index (χ4v) is 5.44. The number of nitrogens with one attached hydrogen (secondary N) is 2. The van der Waals surface area contributed by atoms with Gasteiger partial charge in [0.25, 0.3) is 5.91 Å². The molecule has 206 valence electrons. The fraction of sp³-hybridized carbons (Fsp3) is 0.462. The molecule has 0 spiro atoms. The monoisotopic (exact) mass is 555 g/mol. The molecule has 1 heterocycles. The van der Waals surface area contributed by atoms with Crippen molar-refractivity contribution in [2.24, 2.45) is 5.92 Å². The van der Waals surface area contributed by atoms with E-state index in [-0.39, 0.29) is 28.5 Å². The first-order valence-electron chi connectivity index (χ1n) is 12.4. The molecule has 2 aromatic carbocycles. The van der Waals surface area contributed by atoms with Crippen LogP contribution < -0.4 is 10.6 Å². The number of sulfone groups is 1. The molecule has 12 heteroatoms. The molecule has 1 saturated carbocycles. The molecule has 2 aromatic rings. The van der Waals surface area contributed by atoms with Gasteiger partial charge in [0, 0.05) is 30.6 Å². The molecule has 0 bridgehead atoms.